The number of phenolic OH excluding ortho intramolecular Hbond substituents is 1. The van der Waals surface area contributed by atoms with Gasteiger partial charge in [-0.15, -0.1) is 0 Å². The van der Waals surface area contributed by atoms with Gasteiger partial charge in [-0.2, -0.15) is 0 Å². The molecule has 0 aliphatic heterocycles. The molecular weight excluding hydrogens is 270 g/mol. The average Bonchev–Trinajstić information content (AvgIpc) is 2.80. The Hall–Kier alpha value is -1.75. The maximum absolute atomic E-state index is 12.0. The summed E-state index contributed by atoms with van der Waals surface area (Å²) in [5, 5.41) is 21.1. The highest BCUT2D eigenvalue weighted by Crippen LogP contribution is 2.27. The van der Waals surface area contributed by atoms with E-state index in [1.165, 1.54) is 18.2 Å². The van der Waals surface area contributed by atoms with Gasteiger partial charge >= 0.3 is 5.97 Å². The Morgan fingerprint density at radius 1 is 1.32 bits per heavy atom. The number of carbonyl (C=O) groups excluding carboxylic acids is 1. The first-order valence-corrected chi connectivity index (χ1v) is 6.39. The number of aliphatic carboxylic acids is 1. The van der Waals surface area contributed by atoms with E-state index >= 15 is 0 Å². The molecule has 102 valence electrons. The Morgan fingerprint density at radius 3 is 2.68 bits per heavy atom. The van der Waals surface area contributed by atoms with Crippen LogP contribution in [0.2, 0.25) is 5.02 Å². The molecule has 1 aromatic rings. The Kier molecular flexibility index (Phi) is 3.95. The highest BCUT2D eigenvalue weighted by molar-refractivity contribution is 6.32. The van der Waals surface area contributed by atoms with Gasteiger partial charge in [0.15, 0.2) is 0 Å². The van der Waals surface area contributed by atoms with Crippen LogP contribution in [0.3, 0.4) is 0 Å². The predicted octanol–water partition coefficient (Wildman–Crippen LogP) is 2.03. The van der Waals surface area contributed by atoms with Gasteiger partial charge < -0.3 is 15.5 Å². The van der Waals surface area contributed by atoms with Crippen molar-refractivity contribution in [3.05, 3.63) is 28.8 Å². The molecule has 0 aromatic heterocycles. The standard InChI is InChI=1S/C13H14ClNO4/c14-9-6-7(4-5-11(9)16)12(17)15-10-3-1-2-8(10)13(18)19/h4-6,8,10,16H,1-3H2,(H,15,17)(H,18,19)/t8-,10+/m1/s1. The summed E-state index contributed by atoms with van der Waals surface area (Å²) in [6.45, 7) is 0. The molecule has 0 saturated heterocycles. The van der Waals surface area contributed by atoms with Crippen molar-refractivity contribution in [2.24, 2.45) is 5.92 Å². The first kappa shape index (κ1) is 13.7. The van der Waals surface area contributed by atoms with Crippen molar-refractivity contribution in [2.45, 2.75) is 25.3 Å². The molecule has 0 radical (unpaired) electrons. The lowest BCUT2D eigenvalue weighted by Gasteiger charge is -2.17. The fraction of sp³-hybridized carbons (Fsp3) is 0.385. The molecule has 1 aliphatic carbocycles. The van der Waals surface area contributed by atoms with E-state index in [9.17, 15) is 14.7 Å². The van der Waals surface area contributed by atoms with E-state index in [4.69, 9.17) is 16.7 Å². The SMILES string of the molecule is O=C(N[C@H]1CCC[C@H]1C(=O)O)c1ccc(O)c(Cl)c1. The largest absolute Gasteiger partial charge is 0.506 e. The molecule has 19 heavy (non-hydrogen) atoms. The summed E-state index contributed by atoms with van der Waals surface area (Å²) in [6, 6.07) is 3.79. The first-order valence-electron chi connectivity index (χ1n) is 6.01. The lowest BCUT2D eigenvalue weighted by atomic mass is 10.0. The highest BCUT2D eigenvalue weighted by Gasteiger charge is 2.34. The Bertz CT molecular complexity index is 517. The summed E-state index contributed by atoms with van der Waals surface area (Å²) in [5.41, 5.74) is 0.304. The number of carboxylic acid groups (broad SMARTS) is 1. The molecule has 0 spiro atoms. The smallest absolute Gasteiger partial charge is 0.308 e. The second-order valence-corrected chi connectivity index (χ2v) is 5.03. The summed E-state index contributed by atoms with van der Waals surface area (Å²) >= 11 is 5.73. The van der Waals surface area contributed by atoms with E-state index in [0.29, 0.717) is 18.4 Å². The normalized spacial score (nSPS) is 22.2. The van der Waals surface area contributed by atoms with E-state index in [2.05, 4.69) is 5.32 Å². The molecule has 0 bridgehead atoms. The van der Waals surface area contributed by atoms with Crippen LogP contribution in [0.1, 0.15) is 29.6 Å². The van der Waals surface area contributed by atoms with Crippen LogP contribution in [0, 0.1) is 5.92 Å². The number of carboxylic acids is 1. The van der Waals surface area contributed by atoms with E-state index in [1.807, 2.05) is 0 Å². The van der Waals surface area contributed by atoms with Gasteiger partial charge in [0.05, 0.1) is 10.9 Å². The molecule has 6 heteroatoms. The summed E-state index contributed by atoms with van der Waals surface area (Å²) in [7, 11) is 0. The minimum Gasteiger partial charge on any atom is -0.506 e. The Balaban J connectivity index is 2.08. The number of amides is 1. The van der Waals surface area contributed by atoms with Crippen molar-refractivity contribution in [2.75, 3.05) is 0 Å². The third kappa shape index (κ3) is 2.98. The number of nitrogens with one attached hydrogen (secondary N) is 1. The number of phenols is 1. The molecule has 1 aliphatic rings. The molecule has 2 rings (SSSR count). The molecule has 1 saturated carbocycles. The van der Waals surface area contributed by atoms with Crippen LogP contribution in [0.4, 0.5) is 0 Å². The maximum Gasteiger partial charge on any atom is 0.308 e. The van der Waals surface area contributed by atoms with Crippen molar-refractivity contribution in [3.63, 3.8) is 0 Å². The minimum absolute atomic E-state index is 0.0915. The molecule has 0 heterocycles. The molecule has 1 amide bonds. The summed E-state index contributed by atoms with van der Waals surface area (Å²) in [6.07, 6.45) is 2.03. The maximum atomic E-state index is 12.0. The monoisotopic (exact) mass is 283 g/mol. The Labute approximate surface area is 115 Å². The van der Waals surface area contributed by atoms with Gasteiger partial charge in [-0.25, -0.2) is 0 Å². The van der Waals surface area contributed by atoms with Crippen molar-refractivity contribution in [3.8, 4) is 5.75 Å². The van der Waals surface area contributed by atoms with Gasteiger partial charge in [0.25, 0.3) is 5.91 Å². The summed E-state index contributed by atoms with van der Waals surface area (Å²) < 4.78 is 0. The van der Waals surface area contributed by atoms with Gasteiger partial charge in [0.1, 0.15) is 5.75 Å². The van der Waals surface area contributed by atoms with Crippen LogP contribution >= 0.6 is 11.6 Å². The zero-order chi connectivity index (χ0) is 14.0. The summed E-state index contributed by atoms with van der Waals surface area (Å²) in [5.74, 6) is -1.88. The predicted molar refractivity (Wildman–Crippen MR) is 69.3 cm³/mol. The van der Waals surface area contributed by atoms with Gasteiger partial charge in [0.2, 0.25) is 0 Å². The lowest BCUT2D eigenvalue weighted by molar-refractivity contribution is -0.142. The molecule has 2 atom stereocenters. The van der Waals surface area contributed by atoms with Gasteiger partial charge in [-0.05, 0) is 31.0 Å². The van der Waals surface area contributed by atoms with Crippen LogP contribution in [-0.4, -0.2) is 28.1 Å². The number of hydrogen-bond acceptors (Lipinski definition) is 3. The average molecular weight is 284 g/mol. The molecule has 1 fully saturated rings. The third-order valence-corrected chi connectivity index (χ3v) is 3.66. The quantitative estimate of drug-likeness (QED) is 0.792. The van der Waals surface area contributed by atoms with Gasteiger partial charge in [-0.3, -0.25) is 9.59 Å². The zero-order valence-corrected chi connectivity index (χ0v) is 10.9. The first-order chi connectivity index (χ1) is 8.99. The number of halogens is 1. The number of carbonyl (C=O) groups is 2. The van der Waals surface area contributed by atoms with Crippen molar-refractivity contribution in [1.29, 1.82) is 0 Å². The topological polar surface area (TPSA) is 86.6 Å². The fourth-order valence-electron chi connectivity index (χ4n) is 2.33. The van der Waals surface area contributed by atoms with E-state index in [1.54, 1.807) is 0 Å². The van der Waals surface area contributed by atoms with Crippen LogP contribution in [0.5, 0.6) is 5.75 Å². The lowest BCUT2D eigenvalue weighted by Crippen LogP contribution is -2.40. The van der Waals surface area contributed by atoms with Crippen LogP contribution in [-0.2, 0) is 4.79 Å². The second-order valence-electron chi connectivity index (χ2n) is 4.62. The van der Waals surface area contributed by atoms with Gasteiger partial charge in [0, 0.05) is 11.6 Å². The summed E-state index contributed by atoms with van der Waals surface area (Å²) in [4.78, 5) is 23.0. The van der Waals surface area contributed by atoms with Crippen LogP contribution < -0.4 is 5.32 Å². The number of aromatic hydroxyl groups is 1. The van der Waals surface area contributed by atoms with Gasteiger partial charge in [-0.1, -0.05) is 18.0 Å². The van der Waals surface area contributed by atoms with Crippen molar-refractivity contribution >= 4 is 23.5 Å². The van der Waals surface area contributed by atoms with Crippen molar-refractivity contribution in [1.82, 2.24) is 5.32 Å². The van der Waals surface area contributed by atoms with E-state index < -0.39 is 11.9 Å². The van der Waals surface area contributed by atoms with Crippen molar-refractivity contribution < 1.29 is 19.8 Å². The molecular formula is C13H14ClNO4. The zero-order valence-electron chi connectivity index (χ0n) is 10.1. The number of rotatable bonds is 3. The Morgan fingerprint density at radius 2 is 2.05 bits per heavy atom. The highest BCUT2D eigenvalue weighted by atomic mass is 35.5. The molecule has 1 aromatic carbocycles. The minimum atomic E-state index is -0.883. The molecule has 3 N–H and O–H groups in total. The molecule has 0 unspecified atom stereocenters. The third-order valence-electron chi connectivity index (χ3n) is 3.36. The number of hydrogen-bond donors (Lipinski definition) is 3. The second kappa shape index (κ2) is 5.48. The molecule has 5 nitrogen and oxygen atoms in total. The fourth-order valence-corrected chi connectivity index (χ4v) is 2.51. The number of benzene rings is 1. The van der Waals surface area contributed by atoms with Crippen LogP contribution in [0.15, 0.2) is 18.2 Å². The van der Waals surface area contributed by atoms with Crippen LogP contribution in [0.25, 0.3) is 0 Å². The van der Waals surface area contributed by atoms with E-state index in [0.717, 1.165) is 6.42 Å². The van der Waals surface area contributed by atoms with E-state index in [-0.39, 0.29) is 22.7 Å².